The van der Waals surface area contributed by atoms with Gasteiger partial charge >= 0.3 is 0 Å². The summed E-state index contributed by atoms with van der Waals surface area (Å²) in [7, 11) is 0. The molecule has 0 saturated carbocycles. The summed E-state index contributed by atoms with van der Waals surface area (Å²) in [4.78, 5) is 14.6. The van der Waals surface area contributed by atoms with Crippen molar-refractivity contribution in [2.75, 3.05) is 13.2 Å². The van der Waals surface area contributed by atoms with E-state index < -0.39 is 0 Å². The number of hydrogen-bond donors (Lipinski definition) is 0. The first-order valence-corrected chi connectivity index (χ1v) is 9.59. The Hall–Kier alpha value is -2.86. The molecule has 0 fully saturated rings. The molecule has 0 spiro atoms. The first-order chi connectivity index (χ1) is 13.6. The molecule has 0 aliphatic heterocycles. The molecule has 0 saturated heterocycles. The minimum absolute atomic E-state index is 0.0950. The molecular formula is C21H22ClN3O3. The van der Waals surface area contributed by atoms with E-state index in [2.05, 4.69) is 10.2 Å². The quantitative estimate of drug-likeness (QED) is 0.542. The number of rotatable bonds is 8. The van der Waals surface area contributed by atoms with E-state index in [1.165, 1.54) is 0 Å². The SMILES string of the molecule is CCCN(Cc1nnc(-c2ccccc2Cl)o1)C(=O)c1ccc(OCC)cc1. The molecule has 0 N–H and O–H groups in total. The molecule has 0 aliphatic rings. The largest absolute Gasteiger partial charge is 0.494 e. The first-order valence-electron chi connectivity index (χ1n) is 9.21. The normalized spacial score (nSPS) is 10.7. The zero-order valence-corrected chi connectivity index (χ0v) is 16.6. The third-order valence-corrected chi connectivity index (χ3v) is 4.42. The highest BCUT2D eigenvalue weighted by Gasteiger charge is 2.19. The first kappa shape index (κ1) is 19.9. The second kappa shape index (κ2) is 9.37. The van der Waals surface area contributed by atoms with Crippen molar-refractivity contribution in [3.63, 3.8) is 0 Å². The van der Waals surface area contributed by atoms with Crippen molar-refractivity contribution >= 4 is 17.5 Å². The number of carbonyl (C=O) groups excluding carboxylic acids is 1. The van der Waals surface area contributed by atoms with Crippen LogP contribution in [0.2, 0.25) is 5.02 Å². The van der Waals surface area contributed by atoms with Crippen LogP contribution in [0.25, 0.3) is 11.5 Å². The molecule has 0 unspecified atom stereocenters. The molecule has 0 atom stereocenters. The zero-order valence-electron chi connectivity index (χ0n) is 15.9. The molecular weight excluding hydrogens is 378 g/mol. The fourth-order valence-corrected chi connectivity index (χ4v) is 3.01. The van der Waals surface area contributed by atoms with Gasteiger partial charge in [0.2, 0.25) is 11.8 Å². The molecule has 28 heavy (non-hydrogen) atoms. The molecule has 7 heteroatoms. The van der Waals surface area contributed by atoms with Crippen LogP contribution in [-0.4, -0.2) is 34.2 Å². The lowest BCUT2D eigenvalue weighted by Crippen LogP contribution is -2.31. The Kier molecular flexibility index (Phi) is 6.66. The highest BCUT2D eigenvalue weighted by atomic mass is 35.5. The summed E-state index contributed by atoms with van der Waals surface area (Å²) in [5, 5.41) is 8.69. The van der Waals surface area contributed by atoms with Gasteiger partial charge in [-0.2, -0.15) is 0 Å². The summed E-state index contributed by atoms with van der Waals surface area (Å²) in [6, 6.07) is 14.4. The molecule has 2 aromatic carbocycles. The molecule has 0 aliphatic carbocycles. The summed E-state index contributed by atoms with van der Waals surface area (Å²) >= 11 is 6.19. The molecule has 0 bridgehead atoms. The average molecular weight is 400 g/mol. The van der Waals surface area contributed by atoms with Gasteiger partial charge in [0, 0.05) is 12.1 Å². The standard InChI is InChI=1S/C21H22ClN3O3/c1-3-13-25(21(26)15-9-11-16(12-10-15)27-4-2)14-19-23-24-20(28-19)17-7-5-6-8-18(17)22/h5-12H,3-4,13-14H2,1-2H3. The van der Waals surface area contributed by atoms with Crippen LogP contribution >= 0.6 is 11.6 Å². The topological polar surface area (TPSA) is 68.5 Å². The molecule has 1 aromatic heterocycles. The third kappa shape index (κ3) is 4.70. The number of ether oxygens (including phenoxy) is 1. The number of benzene rings is 2. The van der Waals surface area contributed by atoms with Crippen molar-refractivity contribution < 1.29 is 13.9 Å². The lowest BCUT2D eigenvalue weighted by atomic mass is 10.2. The van der Waals surface area contributed by atoms with Crippen molar-refractivity contribution in [3.05, 3.63) is 65.0 Å². The summed E-state index contributed by atoms with van der Waals surface area (Å²) in [5.41, 5.74) is 1.26. The van der Waals surface area contributed by atoms with E-state index in [1.807, 2.05) is 32.0 Å². The molecule has 3 rings (SSSR count). The number of aromatic nitrogens is 2. The molecule has 1 amide bonds. The van der Waals surface area contributed by atoms with Crippen molar-refractivity contribution in [1.82, 2.24) is 15.1 Å². The van der Waals surface area contributed by atoms with Crippen molar-refractivity contribution in [3.8, 4) is 17.2 Å². The lowest BCUT2D eigenvalue weighted by Gasteiger charge is -2.20. The van der Waals surface area contributed by atoms with E-state index >= 15 is 0 Å². The number of amides is 1. The van der Waals surface area contributed by atoms with Crippen LogP contribution in [0.3, 0.4) is 0 Å². The Morgan fingerprint density at radius 1 is 1.11 bits per heavy atom. The molecule has 146 valence electrons. The molecule has 6 nitrogen and oxygen atoms in total. The van der Waals surface area contributed by atoms with Crippen LogP contribution in [0.4, 0.5) is 0 Å². The average Bonchev–Trinajstić information content (AvgIpc) is 3.17. The number of hydrogen-bond acceptors (Lipinski definition) is 5. The Bertz CT molecular complexity index is 925. The minimum atomic E-state index is -0.0950. The number of halogens is 1. The monoisotopic (exact) mass is 399 g/mol. The van der Waals surface area contributed by atoms with Crippen LogP contribution in [0.5, 0.6) is 5.75 Å². The van der Waals surface area contributed by atoms with E-state index in [0.29, 0.717) is 41.1 Å². The van der Waals surface area contributed by atoms with Crippen LogP contribution in [0.1, 0.15) is 36.5 Å². The Morgan fingerprint density at radius 3 is 2.54 bits per heavy atom. The number of carbonyl (C=O) groups is 1. The highest BCUT2D eigenvalue weighted by Crippen LogP contribution is 2.26. The third-order valence-electron chi connectivity index (χ3n) is 4.09. The van der Waals surface area contributed by atoms with E-state index in [1.54, 1.807) is 35.2 Å². The van der Waals surface area contributed by atoms with E-state index in [-0.39, 0.29) is 12.5 Å². The van der Waals surface area contributed by atoms with Gasteiger partial charge in [-0.05, 0) is 49.7 Å². The van der Waals surface area contributed by atoms with Crippen LogP contribution < -0.4 is 4.74 Å². The number of nitrogens with zero attached hydrogens (tertiary/aromatic N) is 3. The Morgan fingerprint density at radius 2 is 1.86 bits per heavy atom. The van der Waals surface area contributed by atoms with Gasteiger partial charge in [0.15, 0.2) is 0 Å². The minimum Gasteiger partial charge on any atom is -0.494 e. The van der Waals surface area contributed by atoms with Gasteiger partial charge in [0.1, 0.15) is 5.75 Å². The Balaban J connectivity index is 1.76. The van der Waals surface area contributed by atoms with E-state index in [4.69, 9.17) is 20.8 Å². The van der Waals surface area contributed by atoms with Crippen LogP contribution in [0, 0.1) is 0 Å². The van der Waals surface area contributed by atoms with Crippen molar-refractivity contribution in [2.24, 2.45) is 0 Å². The summed E-state index contributed by atoms with van der Waals surface area (Å²) in [5.74, 6) is 1.35. The summed E-state index contributed by atoms with van der Waals surface area (Å²) in [6.07, 6.45) is 0.814. The molecule has 0 radical (unpaired) electrons. The second-order valence-electron chi connectivity index (χ2n) is 6.16. The van der Waals surface area contributed by atoms with E-state index in [9.17, 15) is 4.79 Å². The van der Waals surface area contributed by atoms with E-state index in [0.717, 1.165) is 12.2 Å². The van der Waals surface area contributed by atoms with Gasteiger partial charge in [0.25, 0.3) is 5.91 Å². The van der Waals surface area contributed by atoms with Crippen molar-refractivity contribution in [2.45, 2.75) is 26.8 Å². The maximum atomic E-state index is 12.9. The summed E-state index contributed by atoms with van der Waals surface area (Å²) < 4.78 is 11.2. The highest BCUT2D eigenvalue weighted by molar-refractivity contribution is 6.33. The van der Waals surface area contributed by atoms with Gasteiger partial charge in [-0.25, -0.2) is 0 Å². The maximum Gasteiger partial charge on any atom is 0.254 e. The lowest BCUT2D eigenvalue weighted by molar-refractivity contribution is 0.0728. The predicted molar refractivity (Wildman–Crippen MR) is 107 cm³/mol. The fraction of sp³-hybridized carbons (Fsp3) is 0.286. The molecule has 3 aromatic rings. The zero-order chi connectivity index (χ0) is 19.9. The van der Waals surface area contributed by atoms with Gasteiger partial charge in [-0.15, -0.1) is 10.2 Å². The predicted octanol–water partition coefficient (Wildman–Crippen LogP) is 4.84. The molecule has 1 heterocycles. The van der Waals surface area contributed by atoms with Crippen LogP contribution in [0.15, 0.2) is 52.9 Å². The second-order valence-corrected chi connectivity index (χ2v) is 6.57. The maximum absolute atomic E-state index is 12.9. The van der Waals surface area contributed by atoms with Gasteiger partial charge in [-0.3, -0.25) is 4.79 Å². The smallest absolute Gasteiger partial charge is 0.254 e. The Labute approximate surface area is 169 Å². The van der Waals surface area contributed by atoms with Crippen LogP contribution in [-0.2, 0) is 6.54 Å². The fourth-order valence-electron chi connectivity index (χ4n) is 2.79. The van der Waals surface area contributed by atoms with Crippen molar-refractivity contribution in [1.29, 1.82) is 0 Å². The summed E-state index contributed by atoms with van der Waals surface area (Å²) in [6.45, 7) is 5.33. The van der Waals surface area contributed by atoms with Gasteiger partial charge in [-0.1, -0.05) is 30.7 Å². The van der Waals surface area contributed by atoms with Gasteiger partial charge in [0.05, 0.1) is 23.7 Å². The van der Waals surface area contributed by atoms with Gasteiger partial charge < -0.3 is 14.1 Å².